The zero-order valence-electron chi connectivity index (χ0n) is 11.2. The number of carbonyl (C=O) groups is 2. The highest BCUT2D eigenvalue weighted by molar-refractivity contribution is 5.86. The standard InChI is InChI=1S/C12H23NO4/c1-10(2)12(15)9-13(11(3)14)5-6-17-8-7-16-4/h10H,5-9H2,1-4H3. The largest absolute Gasteiger partial charge is 0.382 e. The maximum atomic E-state index is 11.5. The quantitative estimate of drug-likeness (QED) is 0.562. The van der Waals surface area contributed by atoms with E-state index in [1.54, 1.807) is 7.11 Å². The average molecular weight is 245 g/mol. The van der Waals surface area contributed by atoms with Crippen molar-refractivity contribution in [2.75, 3.05) is 40.0 Å². The van der Waals surface area contributed by atoms with Crippen LogP contribution in [0.1, 0.15) is 20.8 Å². The molecule has 5 heteroatoms. The summed E-state index contributed by atoms with van der Waals surface area (Å²) < 4.78 is 10.1. The lowest BCUT2D eigenvalue weighted by Gasteiger charge is -2.21. The molecular weight excluding hydrogens is 222 g/mol. The third kappa shape index (κ3) is 7.88. The van der Waals surface area contributed by atoms with E-state index in [-0.39, 0.29) is 24.2 Å². The predicted molar refractivity (Wildman–Crippen MR) is 64.8 cm³/mol. The molecule has 0 N–H and O–H groups in total. The van der Waals surface area contributed by atoms with Crippen LogP contribution < -0.4 is 0 Å². The molecule has 0 saturated carbocycles. The van der Waals surface area contributed by atoms with Crippen molar-refractivity contribution in [2.45, 2.75) is 20.8 Å². The molecule has 17 heavy (non-hydrogen) atoms. The van der Waals surface area contributed by atoms with Gasteiger partial charge in [-0.25, -0.2) is 0 Å². The molecule has 1 amide bonds. The molecule has 0 aromatic carbocycles. The molecule has 0 rings (SSSR count). The zero-order chi connectivity index (χ0) is 13.3. The summed E-state index contributed by atoms with van der Waals surface area (Å²) in [7, 11) is 1.60. The molecular formula is C12H23NO4. The maximum absolute atomic E-state index is 11.5. The highest BCUT2D eigenvalue weighted by atomic mass is 16.5. The normalized spacial score (nSPS) is 10.6. The number of hydrogen-bond donors (Lipinski definition) is 0. The Balaban J connectivity index is 3.91. The summed E-state index contributed by atoms with van der Waals surface area (Å²) in [5.74, 6) is -0.0855. The van der Waals surface area contributed by atoms with Crippen molar-refractivity contribution in [1.29, 1.82) is 0 Å². The molecule has 0 bridgehead atoms. The number of ketones is 1. The molecule has 0 atom stereocenters. The summed E-state index contributed by atoms with van der Waals surface area (Å²) in [6.45, 7) is 7.19. The van der Waals surface area contributed by atoms with E-state index < -0.39 is 0 Å². The number of hydrogen-bond acceptors (Lipinski definition) is 4. The van der Waals surface area contributed by atoms with Crippen molar-refractivity contribution in [3.05, 3.63) is 0 Å². The van der Waals surface area contributed by atoms with Crippen LogP contribution >= 0.6 is 0 Å². The van der Waals surface area contributed by atoms with Crippen molar-refractivity contribution >= 4 is 11.7 Å². The van der Waals surface area contributed by atoms with Gasteiger partial charge in [0.25, 0.3) is 0 Å². The third-order valence-corrected chi connectivity index (χ3v) is 2.37. The van der Waals surface area contributed by atoms with E-state index in [1.807, 2.05) is 13.8 Å². The van der Waals surface area contributed by atoms with Gasteiger partial charge in [-0.1, -0.05) is 13.8 Å². The maximum Gasteiger partial charge on any atom is 0.219 e. The number of carbonyl (C=O) groups excluding carboxylic acids is 2. The van der Waals surface area contributed by atoms with Gasteiger partial charge in [-0.05, 0) is 0 Å². The molecule has 5 nitrogen and oxygen atoms in total. The molecule has 100 valence electrons. The Kier molecular flexibility index (Phi) is 8.62. The average Bonchev–Trinajstić information content (AvgIpc) is 2.26. The van der Waals surface area contributed by atoms with E-state index in [0.29, 0.717) is 26.4 Å². The number of amides is 1. The van der Waals surface area contributed by atoms with Crippen LogP contribution in [-0.4, -0.2) is 56.6 Å². The van der Waals surface area contributed by atoms with Crippen LogP contribution in [0.4, 0.5) is 0 Å². The van der Waals surface area contributed by atoms with Gasteiger partial charge in [-0.2, -0.15) is 0 Å². The van der Waals surface area contributed by atoms with Gasteiger partial charge < -0.3 is 14.4 Å². The Morgan fingerprint density at radius 3 is 2.29 bits per heavy atom. The molecule has 0 fully saturated rings. The number of Topliss-reactive ketones (excluding diaryl/α,β-unsaturated/α-hetero) is 1. The number of methoxy groups -OCH3 is 1. The van der Waals surface area contributed by atoms with Gasteiger partial charge in [0.15, 0.2) is 5.78 Å². The van der Waals surface area contributed by atoms with Gasteiger partial charge in [-0.15, -0.1) is 0 Å². The second-order valence-corrected chi connectivity index (χ2v) is 4.17. The Morgan fingerprint density at radius 1 is 1.18 bits per heavy atom. The highest BCUT2D eigenvalue weighted by Crippen LogP contribution is 1.99. The summed E-state index contributed by atoms with van der Waals surface area (Å²) in [6, 6.07) is 0. The lowest BCUT2D eigenvalue weighted by atomic mass is 10.1. The topological polar surface area (TPSA) is 55.8 Å². The molecule has 0 aliphatic carbocycles. The second-order valence-electron chi connectivity index (χ2n) is 4.17. The first-order valence-electron chi connectivity index (χ1n) is 5.84. The second kappa shape index (κ2) is 9.13. The van der Waals surface area contributed by atoms with Crippen LogP contribution in [0.2, 0.25) is 0 Å². The molecule has 0 aromatic rings. The molecule has 0 radical (unpaired) electrons. The summed E-state index contributed by atoms with van der Waals surface area (Å²) in [5, 5.41) is 0. The van der Waals surface area contributed by atoms with Gasteiger partial charge in [0.05, 0.1) is 26.4 Å². The van der Waals surface area contributed by atoms with E-state index >= 15 is 0 Å². The first-order chi connectivity index (χ1) is 7.99. The van der Waals surface area contributed by atoms with Crippen molar-refractivity contribution in [3.63, 3.8) is 0 Å². The van der Waals surface area contributed by atoms with Crippen molar-refractivity contribution in [2.24, 2.45) is 5.92 Å². The van der Waals surface area contributed by atoms with Crippen molar-refractivity contribution in [1.82, 2.24) is 4.90 Å². The Labute approximate surface area is 103 Å². The van der Waals surface area contributed by atoms with Crippen LogP contribution in [0.15, 0.2) is 0 Å². The van der Waals surface area contributed by atoms with Gasteiger partial charge in [-0.3, -0.25) is 9.59 Å². The monoisotopic (exact) mass is 245 g/mol. The molecule has 0 aliphatic heterocycles. The van der Waals surface area contributed by atoms with E-state index in [1.165, 1.54) is 11.8 Å². The molecule has 0 heterocycles. The SMILES string of the molecule is COCCOCCN(CC(=O)C(C)C)C(C)=O. The summed E-state index contributed by atoms with van der Waals surface area (Å²) in [4.78, 5) is 24.4. The fourth-order valence-corrected chi connectivity index (χ4v) is 1.14. The van der Waals surface area contributed by atoms with Gasteiger partial charge in [0.2, 0.25) is 5.91 Å². The van der Waals surface area contributed by atoms with E-state index in [2.05, 4.69) is 0 Å². The van der Waals surface area contributed by atoms with E-state index in [0.717, 1.165) is 0 Å². The number of rotatable bonds is 9. The number of nitrogens with zero attached hydrogens (tertiary/aromatic N) is 1. The fourth-order valence-electron chi connectivity index (χ4n) is 1.14. The molecule has 0 unspecified atom stereocenters. The molecule has 0 aromatic heterocycles. The smallest absolute Gasteiger partial charge is 0.219 e. The van der Waals surface area contributed by atoms with Crippen LogP contribution in [0, 0.1) is 5.92 Å². The van der Waals surface area contributed by atoms with Crippen LogP contribution in [0.3, 0.4) is 0 Å². The highest BCUT2D eigenvalue weighted by Gasteiger charge is 2.15. The third-order valence-electron chi connectivity index (χ3n) is 2.37. The van der Waals surface area contributed by atoms with Crippen LogP contribution in [0.25, 0.3) is 0 Å². The molecule has 0 aliphatic rings. The Bertz CT molecular complexity index is 241. The Hall–Kier alpha value is -0.940. The van der Waals surface area contributed by atoms with Crippen molar-refractivity contribution in [3.8, 4) is 0 Å². The van der Waals surface area contributed by atoms with Gasteiger partial charge in [0, 0.05) is 26.5 Å². The number of ether oxygens (including phenoxy) is 2. The molecule has 0 saturated heterocycles. The van der Waals surface area contributed by atoms with Crippen molar-refractivity contribution < 1.29 is 19.1 Å². The van der Waals surface area contributed by atoms with E-state index in [9.17, 15) is 9.59 Å². The minimum Gasteiger partial charge on any atom is -0.382 e. The van der Waals surface area contributed by atoms with Gasteiger partial charge >= 0.3 is 0 Å². The molecule has 0 spiro atoms. The first kappa shape index (κ1) is 16.1. The summed E-state index contributed by atoms with van der Waals surface area (Å²) in [6.07, 6.45) is 0. The Morgan fingerprint density at radius 2 is 1.82 bits per heavy atom. The summed E-state index contributed by atoms with van der Waals surface area (Å²) in [5.41, 5.74) is 0. The van der Waals surface area contributed by atoms with Gasteiger partial charge in [0.1, 0.15) is 0 Å². The van der Waals surface area contributed by atoms with Crippen LogP contribution in [-0.2, 0) is 19.1 Å². The minimum absolute atomic E-state index is 0.0498. The van der Waals surface area contributed by atoms with Crippen LogP contribution in [0.5, 0.6) is 0 Å². The predicted octanol–water partition coefficient (Wildman–Crippen LogP) is 0.723. The summed E-state index contributed by atoms with van der Waals surface area (Å²) >= 11 is 0. The lowest BCUT2D eigenvalue weighted by molar-refractivity contribution is -0.135. The lowest BCUT2D eigenvalue weighted by Crippen LogP contribution is -2.38. The fraction of sp³-hybridized carbons (Fsp3) is 0.833. The van der Waals surface area contributed by atoms with E-state index in [4.69, 9.17) is 9.47 Å². The zero-order valence-corrected chi connectivity index (χ0v) is 11.2. The first-order valence-corrected chi connectivity index (χ1v) is 5.84. The minimum atomic E-state index is -0.102.